The summed E-state index contributed by atoms with van der Waals surface area (Å²) in [5, 5.41) is 0. The van der Waals surface area contributed by atoms with E-state index in [0.717, 1.165) is 38.0 Å². The van der Waals surface area contributed by atoms with Crippen molar-refractivity contribution in [2.75, 3.05) is 19.5 Å². The molecule has 1 atom stereocenters. The predicted octanol–water partition coefficient (Wildman–Crippen LogP) is 3.03. The van der Waals surface area contributed by atoms with Crippen molar-refractivity contribution in [1.29, 1.82) is 0 Å². The molecule has 0 N–H and O–H groups in total. The Morgan fingerprint density at radius 3 is 2.95 bits per heavy atom. The monoisotopic (exact) mass is 295 g/mol. The van der Waals surface area contributed by atoms with E-state index < -0.39 is 0 Å². The minimum atomic E-state index is 0.0462. The zero-order valence-electron chi connectivity index (χ0n) is 12.2. The molecule has 0 radical (unpaired) electrons. The molecule has 0 saturated heterocycles. The fourth-order valence-corrected chi connectivity index (χ4v) is 3.19. The smallest absolute Gasteiger partial charge is 0.237 e. The van der Waals surface area contributed by atoms with Crippen LogP contribution >= 0.6 is 11.6 Å². The van der Waals surface area contributed by atoms with Crippen LogP contribution in [-0.2, 0) is 17.6 Å². The van der Waals surface area contributed by atoms with Crippen LogP contribution in [-0.4, -0.2) is 36.4 Å². The number of hydrogen-bond acceptors (Lipinski definition) is 2. The Morgan fingerprint density at radius 1 is 1.50 bits per heavy atom. The van der Waals surface area contributed by atoms with Gasteiger partial charge in [-0.05, 0) is 42.9 Å². The van der Waals surface area contributed by atoms with Gasteiger partial charge in [0.1, 0.15) is 11.6 Å². The third-order valence-electron chi connectivity index (χ3n) is 3.97. The van der Waals surface area contributed by atoms with Crippen molar-refractivity contribution in [3.8, 4) is 5.75 Å². The van der Waals surface area contributed by atoms with Crippen LogP contribution in [0.4, 0.5) is 0 Å². The highest BCUT2D eigenvalue weighted by atomic mass is 35.5. The molecule has 1 aromatic rings. The SMILES string of the molecule is CCCN(C(=O)CCl)[C@H]1CCc2c(cccc2OC)C1. The number of carbonyl (C=O) groups excluding carboxylic acids is 1. The van der Waals surface area contributed by atoms with E-state index in [1.54, 1.807) is 7.11 Å². The second-order valence-electron chi connectivity index (χ2n) is 5.22. The molecule has 0 spiro atoms. The molecular weight excluding hydrogens is 274 g/mol. The zero-order valence-corrected chi connectivity index (χ0v) is 12.9. The van der Waals surface area contributed by atoms with Gasteiger partial charge in [-0.15, -0.1) is 11.6 Å². The van der Waals surface area contributed by atoms with Gasteiger partial charge in [0, 0.05) is 12.6 Å². The van der Waals surface area contributed by atoms with E-state index in [9.17, 15) is 4.79 Å². The van der Waals surface area contributed by atoms with Crippen LogP contribution in [0.3, 0.4) is 0 Å². The molecule has 1 aliphatic carbocycles. The number of methoxy groups -OCH3 is 1. The maximum absolute atomic E-state index is 12.0. The van der Waals surface area contributed by atoms with E-state index in [1.165, 1.54) is 11.1 Å². The minimum absolute atomic E-state index is 0.0462. The fraction of sp³-hybridized carbons (Fsp3) is 0.562. The average Bonchev–Trinajstić information content (AvgIpc) is 2.50. The predicted molar refractivity (Wildman–Crippen MR) is 81.5 cm³/mol. The van der Waals surface area contributed by atoms with E-state index in [0.29, 0.717) is 0 Å². The zero-order chi connectivity index (χ0) is 14.5. The lowest BCUT2D eigenvalue weighted by Crippen LogP contribution is -2.44. The second kappa shape index (κ2) is 6.98. The van der Waals surface area contributed by atoms with Crippen LogP contribution in [0.5, 0.6) is 5.75 Å². The first-order valence-corrected chi connectivity index (χ1v) is 7.74. The fourth-order valence-electron chi connectivity index (χ4n) is 3.04. The number of carbonyl (C=O) groups is 1. The maximum atomic E-state index is 12.0. The minimum Gasteiger partial charge on any atom is -0.496 e. The van der Waals surface area contributed by atoms with Gasteiger partial charge in [-0.1, -0.05) is 19.1 Å². The molecule has 2 rings (SSSR count). The molecule has 1 aromatic carbocycles. The average molecular weight is 296 g/mol. The summed E-state index contributed by atoms with van der Waals surface area (Å²) >= 11 is 5.74. The summed E-state index contributed by atoms with van der Waals surface area (Å²) in [6, 6.07) is 6.43. The highest BCUT2D eigenvalue weighted by Crippen LogP contribution is 2.31. The number of alkyl halides is 1. The Labute approximate surface area is 125 Å². The van der Waals surface area contributed by atoms with Gasteiger partial charge in [-0.2, -0.15) is 0 Å². The van der Waals surface area contributed by atoms with Crippen LogP contribution < -0.4 is 4.74 Å². The lowest BCUT2D eigenvalue weighted by molar-refractivity contribution is -0.131. The van der Waals surface area contributed by atoms with Gasteiger partial charge in [0.25, 0.3) is 0 Å². The number of halogens is 1. The summed E-state index contributed by atoms with van der Waals surface area (Å²) in [5.74, 6) is 1.08. The van der Waals surface area contributed by atoms with E-state index >= 15 is 0 Å². The molecule has 0 saturated carbocycles. The Morgan fingerprint density at radius 2 is 2.30 bits per heavy atom. The van der Waals surface area contributed by atoms with Crippen LogP contribution in [0, 0.1) is 0 Å². The number of ether oxygens (including phenoxy) is 1. The third-order valence-corrected chi connectivity index (χ3v) is 4.20. The van der Waals surface area contributed by atoms with Crippen molar-refractivity contribution >= 4 is 17.5 Å². The molecule has 0 aliphatic heterocycles. The van der Waals surface area contributed by atoms with Crippen LogP contribution in [0.2, 0.25) is 0 Å². The van der Waals surface area contributed by atoms with Gasteiger partial charge >= 0.3 is 0 Å². The molecule has 1 amide bonds. The molecule has 110 valence electrons. The maximum Gasteiger partial charge on any atom is 0.237 e. The van der Waals surface area contributed by atoms with Gasteiger partial charge in [-0.25, -0.2) is 0 Å². The van der Waals surface area contributed by atoms with Gasteiger partial charge in [-0.3, -0.25) is 4.79 Å². The Hall–Kier alpha value is -1.22. The summed E-state index contributed by atoms with van der Waals surface area (Å²) < 4.78 is 5.42. The van der Waals surface area contributed by atoms with E-state index in [2.05, 4.69) is 13.0 Å². The molecule has 0 unspecified atom stereocenters. The summed E-state index contributed by atoms with van der Waals surface area (Å²) in [4.78, 5) is 14.0. The number of amides is 1. The second-order valence-corrected chi connectivity index (χ2v) is 5.48. The molecule has 0 heterocycles. The standard InChI is InChI=1S/C16H22ClNO2/c1-3-9-18(16(19)11-17)13-7-8-14-12(10-13)5-4-6-15(14)20-2/h4-6,13H,3,7-11H2,1-2H3/t13-/m0/s1. The first kappa shape index (κ1) is 15.2. The van der Waals surface area contributed by atoms with Gasteiger partial charge < -0.3 is 9.64 Å². The van der Waals surface area contributed by atoms with Gasteiger partial charge in [0.05, 0.1) is 7.11 Å². The summed E-state index contributed by atoms with van der Waals surface area (Å²) in [6.45, 7) is 2.88. The quantitative estimate of drug-likeness (QED) is 0.782. The molecule has 0 bridgehead atoms. The highest BCUT2D eigenvalue weighted by molar-refractivity contribution is 6.27. The Kier molecular flexibility index (Phi) is 5.30. The molecule has 0 aromatic heterocycles. The first-order chi connectivity index (χ1) is 9.71. The van der Waals surface area contributed by atoms with Crippen molar-refractivity contribution in [1.82, 2.24) is 4.90 Å². The highest BCUT2D eigenvalue weighted by Gasteiger charge is 2.27. The molecule has 1 aliphatic rings. The van der Waals surface area contributed by atoms with Crippen molar-refractivity contribution in [2.45, 2.75) is 38.6 Å². The molecule has 4 heteroatoms. The summed E-state index contributed by atoms with van der Waals surface area (Å²) in [6.07, 6.45) is 3.80. The Bertz CT molecular complexity index is 476. The van der Waals surface area contributed by atoms with Crippen molar-refractivity contribution in [2.24, 2.45) is 0 Å². The third kappa shape index (κ3) is 3.09. The lowest BCUT2D eigenvalue weighted by atomic mass is 9.86. The number of hydrogen-bond donors (Lipinski definition) is 0. The molecule has 20 heavy (non-hydrogen) atoms. The molecular formula is C16H22ClNO2. The van der Waals surface area contributed by atoms with Gasteiger partial charge in [0.2, 0.25) is 5.91 Å². The van der Waals surface area contributed by atoms with E-state index in [1.807, 2.05) is 17.0 Å². The molecule has 3 nitrogen and oxygen atoms in total. The number of rotatable bonds is 5. The van der Waals surface area contributed by atoms with Crippen LogP contribution in [0.1, 0.15) is 30.9 Å². The lowest BCUT2D eigenvalue weighted by Gasteiger charge is -2.35. The Balaban J connectivity index is 2.19. The number of nitrogens with zero attached hydrogens (tertiary/aromatic N) is 1. The van der Waals surface area contributed by atoms with Gasteiger partial charge in [0.15, 0.2) is 0 Å². The van der Waals surface area contributed by atoms with Crippen LogP contribution in [0.15, 0.2) is 18.2 Å². The number of benzene rings is 1. The van der Waals surface area contributed by atoms with E-state index in [-0.39, 0.29) is 17.8 Å². The van der Waals surface area contributed by atoms with Crippen molar-refractivity contribution in [3.05, 3.63) is 29.3 Å². The largest absolute Gasteiger partial charge is 0.496 e. The first-order valence-electron chi connectivity index (χ1n) is 7.21. The summed E-state index contributed by atoms with van der Waals surface area (Å²) in [7, 11) is 1.71. The normalized spacial score (nSPS) is 17.4. The van der Waals surface area contributed by atoms with Crippen LogP contribution in [0.25, 0.3) is 0 Å². The molecule has 0 fully saturated rings. The van der Waals surface area contributed by atoms with Crippen molar-refractivity contribution < 1.29 is 9.53 Å². The summed E-state index contributed by atoms with van der Waals surface area (Å²) in [5.41, 5.74) is 2.59. The number of fused-ring (bicyclic) bond motifs is 1. The van der Waals surface area contributed by atoms with E-state index in [4.69, 9.17) is 16.3 Å². The van der Waals surface area contributed by atoms with Crippen molar-refractivity contribution in [3.63, 3.8) is 0 Å². The topological polar surface area (TPSA) is 29.5 Å².